The summed E-state index contributed by atoms with van der Waals surface area (Å²) in [6, 6.07) is 0. The second kappa shape index (κ2) is 7.77. The molecule has 0 N–H and O–H groups in total. The van der Waals surface area contributed by atoms with Gasteiger partial charge in [-0.25, -0.2) is 9.78 Å². The van der Waals surface area contributed by atoms with Crippen LogP contribution in [-0.4, -0.2) is 66.3 Å². The number of ether oxygens (including phenoxy) is 2. The van der Waals surface area contributed by atoms with Crippen LogP contribution >= 0.6 is 0 Å². The van der Waals surface area contributed by atoms with Crippen molar-refractivity contribution in [3.63, 3.8) is 0 Å². The summed E-state index contributed by atoms with van der Waals surface area (Å²) in [6.07, 6.45) is 5.31. The van der Waals surface area contributed by atoms with Crippen LogP contribution in [0.25, 0.3) is 0 Å². The van der Waals surface area contributed by atoms with E-state index < -0.39 is 0 Å². The maximum absolute atomic E-state index is 12.0. The van der Waals surface area contributed by atoms with Crippen molar-refractivity contribution in [1.29, 1.82) is 0 Å². The summed E-state index contributed by atoms with van der Waals surface area (Å²) < 4.78 is 10.1. The van der Waals surface area contributed by atoms with E-state index in [4.69, 9.17) is 9.47 Å². The van der Waals surface area contributed by atoms with E-state index in [9.17, 15) is 9.59 Å². The number of anilines is 1. The van der Waals surface area contributed by atoms with Crippen LogP contribution in [-0.2, 0) is 20.7 Å². The van der Waals surface area contributed by atoms with Crippen molar-refractivity contribution in [3.05, 3.63) is 18.1 Å². The molecule has 0 aromatic carbocycles. The number of carbonyl (C=O) groups is 2. The molecule has 2 fully saturated rings. The van der Waals surface area contributed by atoms with Crippen molar-refractivity contribution in [2.45, 2.75) is 32.3 Å². The first-order valence-corrected chi connectivity index (χ1v) is 8.63. The first kappa shape index (κ1) is 17.6. The number of cyclic esters (lactones) is 1. The molecule has 2 aliphatic rings. The zero-order valence-corrected chi connectivity index (χ0v) is 14.7. The molecule has 2 amide bonds. The van der Waals surface area contributed by atoms with E-state index in [0.717, 1.165) is 38.0 Å². The van der Waals surface area contributed by atoms with E-state index in [-0.39, 0.29) is 24.7 Å². The fourth-order valence-electron chi connectivity index (χ4n) is 3.38. The van der Waals surface area contributed by atoms with Crippen molar-refractivity contribution in [2.24, 2.45) is 5.92 Å². The molecule has 136 valence electrons. The molecule has 0 spiro atoms. The highest BCUT2D eigenvalue weighted by atomic mass is 16.6. The average Bonchev–Trinajstić information content (AvgIpc) is 2.94. The molecule has 1 atom stereocenters. The van der Waals surface area contributed by atoms with Crippen LogP contribution in [0.1, 0.15) is 25.5 Å². The van der Waals surface area contributed by atoms with Crippen LogP contribution in [0.5, 0.6) is 0 Å². The summed E-state index contributed by atoms with van der Waals surface area (Å²) in [5, 5.41) is 0. The van der Waals surface area contributed by atoms with Crippen molar-refractivity contribution in [1.82, 2.24) is 14.9 Å². The molecular weight excluding hydrogens is 324 g/mol. The topological polar surface area (TPSA) is 84.9 Å². The first-order chi connectivity index (χ1) is 12.1. The van der Waals surface area contributed by atoms with E-state index in [1.807, 2.05) is 11.8 Å². The Labute approximate surface area is 147 Å². The molecule has 1 aromatic heterocycles. The van der Waals surface area contributed by atoms with Gasteiger partial charge in [0.15, 0.2) is 5.82 Å². The second-order valence-corrected chi connectivity index (χ2v) is 6.59. The van der Waals surface area contributed by atoms with Gasteiger partial charge < -0.3 is 14.4 Å². The van der Waals surface area contributed by atoms with E-state index in [1.54, 1.807) is 17.3 Å². The fourth-order valence-corrected chi connectivity index (χ4v) is 3.38. The molecule has 8 heteroatoms. The van der Waals surface area contributed by atoms with Crippen LogP contribution in [0, 0.1) is 5.92 Å². The smallest absolute Gasteiger partial charge is 0.415 e. The van der Waals surface area contributed by atoms with Gasteiger partial charge in [0.05, 0.1) is 12.2 Å². The molecule has 0 radical (unpaired) electrons. The zero-order valence-electron chi connectivity index (χ0n) is 14.7. The van der Waals surface area contributed by atoms with E-state index in [1.165, 1.54) is 7.11 Å². The van der Waals surface area contributed by atoms with Crippen molar-refractivity contribution < 1.29 is 19.1 Å². The van der Waals surface area contributed by atoms with E-state index >= 15 is 0 Å². The van der Waals surface area contributed by atoms with Crippen LogP contribution in [0.4, 0.5) is 10.6 Å². The average molecular weight is 348 g/mol. The number of hydrogen-bond acceptors (Lipinski definition) is 6. The molecule has 0 saturated carbocycles. The highest BCUT2D eigenvalue weighted by molar-refractivity contribution is 5.89. The minimum absolute atomic E-state index is 0.0370. The molecule has 25 heavy (non-hydrogen) atoms. The number of likely N-dealkylation sites (tertiary alicyclic amines) is 1. The predicted octanol–water partition coefficient (Wildman–Crippen LogP) is 1.25. The fraction of sp³-hybridized carbons (Fsp3) is 0.647. The number of carbonyl (C=O) groups excluding carboxylic acids is 2. The van der Waals surface area contributed by atoms with Crippen LogP contribution in [0.2, 0.25) is 0 Å². The molecule has 0 aliphatic carbocycles. The second-order valence-electron chi connectivity index (χ2n) is 6.59. The maximum Gasteiger partial charge on any atom is 0.415 e. The van der Waals surface area contributed by atoms with Gasteiger partial charge >= 0.3 is 6.09 Å². The van der Waals surface area contributed by atoms with Crippen LogP contribution < -0.4 is 4.90 Å². The summed E-state index contributed by atoms with van der Waals surface area (Å²) >= 11 is 0. The molecule has 1 aromatic rings. The Morgan fingerprint density at radius 1 is 1.32 bits per heavy atom. The number of nitrogens with zero attached hydrogens (tertiary/aromatic N) is 4. The SMILES string of the molecule is COCC(=O)N1CCC(Cc2nccnc2N2C[C@H](C)OC2=O)CC1. The van der Waals surface area contributed by atoms with Gasteiger partial charge in [0.25, 0.3) is 0 Å². The number of amides is 2. The minimum Gasteiger partial charge on any atom is -0.444 e. The third kappa shape index (κ3) is 4.07. The third-order valence-corrected chi connectivity index (χ3v) is 4.69. The molecule has 3 heterocycles. The van der Waals surface area contributed by atoms with Gasteiger partial charge in [-0.15, -0.1) is 0 Å². The zero-order chi connectivity index (χ0) is 17.8. The summed E-state index contributed by atoms with van der Waals surface area (Å²) in [5.41, 5.74) is 0.815. The highest BCUT2D eigenvalue weighted by Crippen LogP contribution is 2.27. The number of aromatic nitrogens is 2. The first-order valence-electron chi connectivity index (χ1n) is 8.63. The third-order valence-electron chi connectivity index (χ3n) is 4.69. The lowest BCUT2D eigenvalue weighted by Gasteiger charge is -2.32. The Morgan fingerprint density at radius 2 is 2.04 bits per heavy atom. The summed E-state index contributed by atoms with van der Waals surface area (Å²) in [5.74, 6) is 1.04. The van der Waals surface area contributed by atoms with Gasteiger partial charge in [0.1, 0.15) is 12.7 Å². The van der Waals surface area contributed by atoms with Crippen molar-refractivity contribution >= 4 is 17.8 Å². The Hall–Kier alpha value is -2.22. The van der Waals surface area contributed by atoms with Crippen LogP contribution in [0.15, 0.2) is 12.4 Å². The van der Waals surface area contributed by atoms with E-state index in [2.05, 4.69) is 9.97 Å². The summed E-state index contributed by atoms with van der Waals surface area (Å²) in [6.45, 7) is 3.94. The molecule has 8 nitrogen and oxygen atoms in total. The molecule has 2 saturated heterocycles. The van der Waals surface area contributed by atoms with Gasteiger partial charge in [-0.2, -0.15) is 0 Å². The Bertz CT molecular complexity index is 631. The summed E-state index contributed by atoms with van der Waals surface area (Å²) in [7, 11) is 1.53. The van der Waals surface area contributed by atoms with Gasteiger partial charge in [0, 0.05) is 32.6 Å². The molecule has 3 rings (SSSR count). The molecule has 2 aliphatic heterocycles. The molecular formula is C17H24N4O4. The number of rotatable bonds is 5. The lowest BCUT2D eigenvalue weighted by atomic mass is 9.92. The number of hydrogen-bond donors (Lipinski definition) is 0. The summed E-state index contributed by atoms with van der Waals surface area (Å²) in [4.78, 5) is 36.1. The quantitative estimate of drug-likeness (QED) is 0.796. The lowest BCUT2D eigenvalue weighted by molar-refractivity contribution is -0.136. The highest BCUT2D eigenvalue weighted by Gasteiger charge is 2.33. The minimum atomic E-state index is -0.366. The standard InChI is InChI=1S/C17H24N4O4/c1-12-10-21(17(23)25-12)16-14(18-5-6-19-16)9-13-3-7-20(8-4-13)15(22)11-24-2/h5-6,12-13H,3-4,7-11H2,1-2H3/t12-/m0/s1. The Balaban J connectivity index is 1.63. The van der Waals surface area contributed by atoms with Gasteiger partial charge in [-0.3, -0.25) is 14.7 Å². The largest absolute Gasteiger partial charge is 0.444 e. The predicted molar refractivity (Wildman–Crippen MR) is 90.2 cm³/mol. The number of piperidine rings is 1. The Kier molecular flexibility index (Phi) is 5.47. The molecule has 0 bridgehead atoms. The Morgan fingerprint density at radius 3 is 2.68 bits per heavy atom. The number of methoxy groups -OCH3 is 1. The normalized spacial score (nSPS) is 21.5. The van der Waals surface area contributed by atoms with Gasteiger partial charge in [-0.1, -0.05) is 0 Å². The van der Waals surface area contributed by atoms with Crippen LogP contribution in [0.3, 0.4) is 0 Å². The van der Waals surface area contributed by atoms with E-state index in [0.29, 0.717) is 18.3 Å². The van der Waals surface area contributed by atoms with Gasteiger partial charge in [-0.05, 0) is 32.1 Å². The molecule has 0 unspecified atom stereocenters. The van der Waals surface area contributed by atoms with Crippen molar-refractivity contribution in [2.75, 3.05) is 38.3 Å². The maximum atomic E-state index is 12.0. The van der Waals surface area contributed by atoms with Crippen molar-refractivity contribution in [3.8, 4) is 0 Å². The lowest BCUT2D eigenvalue weighted by Crippen LogP contribution is -2.40. The monoisotopic (exact) mass is 348 g/mol. The van der Waals surface area contributed by atoms with Gasteiger partial charge in [0.2, 0.25) is 5.91 Å².